The normalized spacial score (nSPS) is 11.4. The van der Waals surface area contributed by atoms with Gasteiger partial charge in [0.15, 0.2) is 0 Å². The zero-order valence-electron chi connectivity index (χ0n) is 10.9. The third kappa shape index (κ3) is 5.28. The SMILES string of the molecule is CCOC(=O)C[C@@H](Cc1cccc([N+](=O)[O-])c1)SC#N. The van der Waals surface area contributed by atoms with Gasteiger partial charge in [0.05, 0.1) is 18.0 Å². The smallest absolute Gasteiger partial charge is 0.306 e. The van der Waals surface area contributed by atoms with E-state index in [2.05, 4.69) is 0 Å². The minimum Gasteiger partial charge on any atom is -0.466 e. The van der Waals surface area contributed by atoms with Gasteiger partial charge in [-0.25, -0.2) is 0 Å². The Bertz CT molecular complexity index is 527. The van der Waals surface area contributed by atoms with E-state index < -0.39 is 4.92 Å². The van der Waals surface area contributed by atoms with Gasteiger partial charge in [-0.2, -0.15) is 5.26 Å². The fourth-order valence-corrected chi connectivity index (χ4v) is 2.34. The largest absolute Gasteiger partial charge is 0.466 e. The number of non-ortho nitro benzene ring substituents is 1. The summed E-state index contributed by atoms with van der Waals surface area (Å²) in [6, 6.07) is 6.19. The van der Waals surface area contributed by atoms with Crippen LogP contribution in [0.4, 0.5) is 5.69 Å². The molecule has 7 heteroatoms. The lowest BCUT2D eigenvalue weighted by Gasteiger charge is -2.11. The zero-order valence-corrected chi connectivity index (χ0v) is 11.8. The number of carbonyl (C=O) groups excluding carboxylic acids is 1. The first-order valence-electron chi connectivity index (χ1n) is 6.00. The zero-order chi connectivity index (χ0) is 15.0. The standard InChI is InChI=1S/C13H14N2O4S/c1-2-19-13(16)8-12(20-9-14)7-10-4-3-5-11(6-10)15(17)18/h3-6,12H,2,7-8H2,1H3/t12-/m1/s1. The molecule has 0 N–H and O–H groups in total. The summed E-state index contributed by atoms with van der Waals surface area (Å²) in [6.07, 6.45) is 0.507. The van der Waals surface area contributed by atoms with Crippen molar-refractivity contribution >= 4 is 23.4 Å². The molecule has 0 fully saturated rings. The number of carbonyl (C=O) groups is 1. The molecule has 20 heavy (non-hydrogen) atoms. The van der Waals surface area contributed by atoms with Gasteiger partial charge in [0.2, 0.25) is 0 Å². The van der Waals surface area contributed by atoms with E-state index in [4.69, 9.17) is 10.00 Å². The van der Waals surface area contributed by atoms with Crippen molar-refractivity contribution in [2.45, 2.75) is 25.0 Å². The van der Waals surface area contributed by atoms with Crippen molar-refractivity contribution in [3.05, 3.63) is 39.9 Å². The number of nitriles is 1. The lowest BCUT2D eigenvalue weighted by Crippen LogP contribution is -2.15. The molecule has 0 saturated carbocycles. The van der Waals surface area contributed by atoms with E-state index in [1.54, 1.807) is 19.1 Å². The number of hydrogen-bond acceptors (Lipinski definition) is 6. The average molecular weight is 294 g/mol. The van der Waals surface area contributed by atoms with Crippen molar-refractivity contribution in [2.24, 2.45) is 0 Å². The number of nitro benzene ring substituents is 1. The molecule has 0 aliphatic heterocycles. The van der Waals surface area contributed by atoms with Crippen LogP contribution in [0.5, 0.6) is 0 Å². The van der Waals surface area contributed by atoms with E-state index in [-0.39, 0.29) is 23.3 Å². The lowest BCUT2D eigenvalue weighted by molar-refractivity contribution is -0.384. The van der Waals surface area contributed by atoms with Crippen molar-refractivity contribution in [3.8, 4) is 5.40 Å². The predicted octanol–water partition coefficient (Wildman–Crippen LogP) is 2.67. The molecule has 0 aliphatic carbocycles. The van der Waals surface area contributed by atoms with Crippen molar-refractivity contribution < 1.29 is 14.5 Å². The maximum atomic E-state index is 11.4. The molecule has 106 valence electrons. The predicted molar refractivity (Wildman–Crippen MR) is 75.0 cm³/mol. The van der Waals surface area contributed by atoms with Crippen LogP contribution in [-0.4, -0.2) is 22.7 Å². The molecule has 6 nitrogen and oxygen atoms in total. The van der Waals surface area contributed by atoms with E-state index in [0.717, 1.165) is 17.3 Å². The molecule has 0 aliphatic rings. The van der Waals surface area contributed by atoms with Crippen LogP contribution < -0.4 is 0 Å². The highest BCUT2D eigenvalue weighted by molar-refractivity contribution is 8.04. The van der Waals surface area contributed by atoms with Gasteiger partial charge in [0.25, 0.3) is 5.69 Å². The van der Waals surface area contributed by atoms with Crippen molar-refractivity contribution in [2.75, 3.05) is 6.61 Å². The first-order valence-corrected chi connectivity index (χ1v) is 6.88. The number of rotatable bonds is 7. The number of hydrogen-bond donors (Lipinski definition) is 0. The molecule has 1 aromatic carbocycles. The second-order valence-corrected chi connectivity index (χ2v) is 5.06. The van der Waals surface area contributed by atoms with E-state index >= 15 is 0 Å². The summed E-state index contributed by atoms with van der Waals surface area (Å²) >= 11 is 0.975. The number of benzene rings is 1. The summed E-state index contributed by atoms with van der Waals surface area (Å²) < 4.78 is 4.85. The lowest BCUT2D eigenvalue weighted by atomic mass is 10.1. The fourth-order valence-electron chi connectivity index (χ4n) is 1.70. The highest BCUT2D eigenvalue weighted by Gasteiger charge is 2.17. The number of esters is 1. The highest BCUT2D eigenvalue weighted by Crippen LogP contribution is 2.22. The van der Waals surface area contributed by atoms with Crippen LogP contribution in [-0.2, 0) is 16.0 Å². The molecule has 0 saturated heterocycles. The summed E-state index contributed by atoms with van der Waals surface area (Å²) in [5, 5.41) is 21.1. The molecule has 0 heterocycles. The molecule has 0 radical (unpaired) electrons. The number of thiocyanates is 1. The second kappa shape index (κ2) is 8.17. The fraction of sp³-hybridized carbons (Fsp3) is 0.385. The van der Waals surface area contributed by atoms with Gasteiger partial charge in [-0.05, 0) is 30.7 Å². The average Bonchev–Trinajstić information content (AvgIpc) is 2.39. The Hall–Kier alpha value is -2.07. The Kier molecular flexibility index (Phi) is 6.53. The third-order valence-electron chi connectivity index (χ3n) is 2.50. The molecular formula is C13H14N2O4S. The first-order chi connectivity index (χ1) is 9.56. The first kappa shape index (κ1) is 16.0. The van der Waals surface area contributed by atoms with Crippen molar-refractivity contribution in [1.82, 2.24) is 0 Å². The van der Waals surface area contributed by atoms with E-state index in [9.17, 15) is 14.9 Å². The number of nitrogens with zero attached hydrogens (tertiary/aromatic N) is 2. The van der Waals surface area contributed by atoms with Gasteiger partial charge < -0.3 is 4.74 Å². The van der Waals surface area contributed by atoms with Gasteiger partial charge in [-0.15, -0.1) is 0 Å². The van der Waals surface area contributed by atoms with Crippen molar-refractivity contribution in [3.63, 3.8) is 0 Å². The van der Waals surface area contributed by atoms with Gasteiger partial charge in [-0.3, -0.25) is 14.9 Å². The molecule has 1 aromatic rings. The van der Waals surface area contributed by atoms with Crippen LogP contribution in [0, 0.1) is 20.8 Å². The van der Waals surface area contributed by atoms with Crippen LogP contribution in [0.25, 0.3) is 0 Å². The van der Waals surface area contributed by atoms with Crippen LogP contribution >= 0.6 is 11.8 Å². The number of ether oxygens (including phenoxy) is 1. The van der Waals surface area contributed by atoms with E-state index in [1.165, 1.54) is 12.1 Å². The van der Waals surface area contributed by atoms with E-state index in [0.29, 0.717) is 13.0 Å². The summed E-state index contributed by atoms with van der Waals surface area (Å²) in [5.41, 5.74) is 0.718. The minimum absolute atomic E-state index is 0.000609. The summed E-state index contributed by atoms with van der Waals surface area (Å²) in [5.74, 6) is -0.370. The summed E-state index contributed by atoms with van der Waals surface area (Å²) in [7, 11) is 0. The number of nitro groups is 1. The van der Waals surface area contributed by atoms with Crippen molar-refractivity contribution in [1.29, 1.82) is 5.26 Å². The molecule has 0 unspecified atom stereocenters. The Labute approximate surface area is 120 Å². The van der Waals surface area contributed by atoms with Gasteiger partial charge in [0.1, 0.15) is 5.40 Å². The summed E-state index contributed by atoms with van der Waals surface area (Å²) in [4.78, 5) is 21.7. The van der Waals surface area contributed by atoms with Gasteiger partial charge in [0, 0.05) is 17.4 Å². The highest BCUT2D eigenvalue weighted by atomic mass is 32.2. The molecule has 0 amide bonds. The van der Waals surface area contributed by atoms with Gasteiger partial charge in [-0.1, -0.05) is 12.1 Å². The Balaban J connectivity index is 2.75. The number of thioether (sulfide) groups is 1. The third-order valence-corrected chi connectivity index (χ3v) is 3.28. The molecule has 1 rings (SSSR count). The molecule has 0 aromatic heterocycles. The van der Waals surface area contributed by atoms with Crippen LogP contribution in [0.2, 0.25) is 0 Å². The van der Waals surface area contributed by atoms with Crippen LogP contribution in [0.15, 0.2) is 24.3 Å². The maximum absolute atomic E-state index is 11.4. The van der Waals surface area contributed by atoms with Gasteiger partial charge >= 0.3 is 5.97 Å². The van der Waals surface area contributed by atoms with Crippen LogP contribution in [0.1, 0.15) is 18.9 Å². The Morgan fingerprint density at radius 1 is 1.60 bits per heavy atom. The molecular weight excluding hydrogens is 280 g/mol. The minimum atomic E-state index is -0.471. The quantitative estimate of drug-likeness (QED) is 0.332. The monoisotopic (exact) mass is 294 g/mol. The Morgan fingerprint density at radius 3 is 2.95 bits per heavy atom. The Morgan fingerprint density at radius 2 is 2.35 bits per heavy atom. The topological polar surface area (TPSA) is 93.2 Å². The second-order valence-electron chi connectivity index (χ2n) is 3.97. The summed E-state index contributed by atoms with van der Waals surface area (Å²) in [6.45, 7) is 2.00. The molecule has 0 spiro atoms. The van der Waals surface area contributed by atoms with E-state index in [1.807, 2.05) is 5.40 Å². The molecule has 1 atom stereocenters. The maximum Gasteiger partial charge on any atom is 0.306 e. The van der Waals surface area contributed by atoms with Crippen LogP contribution in [0.3, 0.4) is 0 Å². The molecule has 0 bridgehead atoms.